The van der Waals surface area contributed by atoms with Crippen LogP contribution in [0.1, 0.15) is 406 Å². The largest absolute Gasteiger partial charge is 0.466 e. The van der Waals surface area contributed by atoms with Crippen LogP contribution in [0.2, 0.25) is 0 Å². The van der Waals surface area contributed by atoms with Gasteiger partial charge in [0.25, 0.3) is 0 Å². The van der Waals surface area contributed by atoms with Crippen molar-refractivity contribution in [2.24, 2.45) is 0 Å². The van der Waals surface area contributed by atoms with E-state index in [2.05, 4.69) is 43.5 Å². The van der Waals surface area contributed by atoms with Gasteiger partial charge in [0, 0.05) is 12.8 Å². The number of hydrogen-bond acceptors (Lipinski definition) is 5. The number of carbonyl (C=O) groups excluding carboxylic acids is 2. The molecule has 0 aromatic heterocycles. The van der Waals surface area contributed by atoms with Crippen LogP contribution in [0.3, 0.4) is 0 Å². The van der Waals surface area contributed by atoms with Crippen molar-refractivity contribution in [2.75, 3.05) is 13.2 Å². The van der Waals surface area contributed by atoms with Gasteiger partial charge in [0.1, 0.15) is 0 Å². The summed E-state index contributed by atoms with van der Waals surface area (Å²) >= 11 is 0. The van der Waals surface area contributed by atoms with Gasteiger partial charge < -0.3 is 20.3 Å². The highest BCUT2D eigenvalue weighted by atomic mass is 16.5. The number of aliphatic hydroxyl groups excluding tert-OH is 2. The summed E-state index contributed by atoms with van der Waals surface area (Å²) in [5.41, 5.74) is 0. The van der Waals surface area contributed by atoms with Crippen LogP contribution in [0.25, 0.3) is 0 Å². The van der Waals surface area contributed by atoms with Crippen LogP contribution >= 0.6 is 0 Å². The number of carbonyl (C=O) groups is 2. The Balaban J connectivity index is 3.33. The summed E-state index contributed by atoms with van der Waals surface area (Å²) in [5.74, 6) is -0.0208. The number of rotatable bonds is 68. The Kier molecular flexibility index (Phi) is 67.4. The van der Waals surface area contributed by atoms with Gasteiger partial charge in [-0.2, -0.15) is 0 Å². The lowest BCUT2D eigenvalue weighted by molar-refractivity contribution is -0.143. The SMILES string of the molecule is CCC/C=C\C/C=C\CCCCCCCC(=O)OCCCCCCCCCCCCCCCCCCCCCCCCCCCCCCCCCC(=O)NC(CO)C(O)CCCCCCCCCCCCCCCCCCCC. The second kappa shape index (κ2) is 68.8. The fourth-order valence-corrected chi connectivity index (χ4v) is 11.5. The van der Waals surface area contributed by atoms with E-state index in [0.717, 1.165) is 51.4 Å². The molecule has 0 saturated carbocycles. The summed E-state index contributed by atoms with van der Waals surface area (Å²) in [4.78, 5) is 24.6. The van der Waals surface area contributed by atoms with Crippen LogP contribution < -0.4 is 5.32 Å². The molecule has 6 heteroatoms. The minimum Gasteiger partial charge on any atom is -0.466 e. The lowest BCUT2D eigenvalue weighted by Crippen LogP contribution is -2.45. The number of hydrogen-bond donors (Lipinski definition) is 3. The molecule has 2 atom stereocenters. The average Bonchev–Trinajstić information content (AvgIpc) is 3.45. The lowest BCUT2D eigenvalue weighted by atomic mass is 10.0. The van der Waals surface area contributed by atoms with E-state index in [1.807, 2.05) is 0 Å². The Morgan fingerprint density at radius 2 is 0.658 bits per heavy atom. The summed E-state index contributed by atoms with van der Waals surface area (Å²) in [5, 5.41) is 23.4. The maximum atomic E-state index is 12.5. The second-order valence-corrected chi connectivity index (χ2v) is 24.9. The predicted octanol–water partition coefficient (Wildman–Crippen LogP) is 23.3. The summed E-state index contributed by atoms with van der Waals surface area (Å²) in [6, 6.07) is -0.538. The Hall–Kier alpha value is -1.66. The third-order valence-electron chi connectivity index (χ3n) is 17.0. The summed E-state index contributed by atoms with van der Waals surface area (Å²) < 4.78 is 5.48. The van der Waals surface area contributed by atoms with E-state index in [1.54, 1.807) is 0 Å². The fraction of sp³-hybridized carbons (Fsp3) is 0.918. The van der Waals surface area contributed by atoms with Gasteiger partial charge in [0.15, 0.2) is 0 Å². The van der Waals surface area contributed by atoms with Gasteiger partial charge in [-0.15, -0.1) is 0 Å². The Labute approximate surface area is 494 Å². The zero-order chi connectivity index (χ0) is 57.1. The van der Waals surface area contributed by atoms with Crippen molar-refractivity contribution in [2.45, 2.75) is 418 Å². The normalized spacial score (nSPS) is 12.6. The first-order valence-electron chi connectivity index (χ1n) is 36.1. The van der Waals surface area contributed by atoms with Crippen molar-refractivity contribution in [3.8, 4) is 0 Å². The van der Waals surface area contributed by atoms with Crippen LogP contribution in [0.15, 0.2) is 24.3 Å². The summed E-state index contributed by atoms with van der Waals surface area (Å²) in [6.07, 6.45) is 86.7. The molecule has 79 heavy (non-hydrogen) atoms. The second-order valence-electron chi connectivity index (χ2n) is 24.9. The monoisotopic (exact) mass is 1110 g/mol. The number of nitrogens with one attached hydrogen (secondary N) is 1. The minimum absolute atomic E-state index is 0.00588. The first kappa shape index (κ1) is 77.3. The van der Waals surface area contributed by atoms with Gasteiger partial charge in [0.05, 0.1) is 25.4 Å². The van der Waals surface area contributed by atoms with Crippen molar-refractivity contribution in [3.05, 3.63) is 24.3 Å². The molecule has 0 saturated heterocycles. The molecule has 0 aliphatic carbocycles. The summed E-state index contributed by atoms with van der Waals surface area (Å²) in [6.45, 7) is 4.92. The zero-order valence-electron chi connectivity index (χ0n) is 53.6. The third kappa shape index (κ3) is 65.4. The summed E-state index contributed by atoms with van der Waals surface area (Å²) in [7, 11) is 0. The van der Waals surface area contributed by atoms with Crippen molar-refractivity contribution in [1.82, 2.24) is 5.32 Å². The highest BCUT2D eigenvalue weighted by Gasteiger charge is 2.20. The number of allylic oxidation sites excluding steroid dienone is 4. The van der Waals surface area contributed by atoms with E-state index < -0.39 is 12.1 Å². The molecule has 1 amide bonds. The molecule has 0 rings (SSSR count). The van der Waals surface area contributed by atoms with Crippen LogP contribution in [-0.2, 0) is 14.3 Å². The number of amides is 1. The number of aliphatic hydroxyl groups is 2. The number of esters is 1. The quantitative estimate of drug-likeness (QED) is 0.0320. The highest BCUT2D eigenvalue weighted by molar-refractivity contribution is 5.76. The molecule has 0 aromatic rings. The Morgan fingerprint density at radius 1 is 0.354 bits per heavy atom. The fourth-order valence-electron chi connectivity index (χ4n) is 11.5. The highest BCUT2D eigenvalue weighted by Crippen LogP contribution is 2.19. The molecule has 0 radical (unpaired) electrons. The number of unbranched alkanes of at least 4 members (excludes halogenated alkanes) is 53. The first-order chi connectivity index (χ1) is 39.0. The van der Waals surface area contributed by atoms with E-state index >= 15 is 0 Å². The van der Waals surface area contributed by atoms with Crippen LogP contribution in [0, 0.1) is 0 Å². The maximum Gasteiger partial charge on any atom is 0.305 e. The van der Waals surface area contributed by atoms with Gasteiger partial charge in [0.2, 0.25) is 5.91 Å². The molecule has 0 fully saturated rings. The molecular formula is C73H141NO5. The molecule has 468 valence electrons. The van der Waals surface area contributed by atoms with Gasteiger partial charge >= 0.3 is 5.97 Å². The molecule has 0 aliphatic rings. The molecule has 3 N–H and O–H groups in total. The standard InChI is InChI=1S/C73H141NO5/c1-3-5-7-9-11-13-15-17-18-19-35-38-42-45-49-53-57-61-65-71(76)70(69-75)74-72(77)66-62-58-54-50-46-43-39-36-33-31-29-27-25-23-21-20-22-24-26-28-30-32-34-37-40-44-48-52-56-60-64-68-79-73(78)67-63-59-55-51-47-41-16-14-12-10-8-6-4-2/h8,10,14,16,70-71,75-76H,3-7,9,11-13,15,17-69H2,1-2H3,(H,74,77)/b10-8-,16-14-. The molecule has 0 bridgehead atoms. The minimum atomic E-state index is -0.661. The van der Waals surface area contributed by atoms with E-state index in [1.165, 1.54) is 321 Å². The molecule has 0 spiro atoms. The van der Waals surface area contributed by atoms with Crippen molar-refractivity contribution < 1.29 is 24.5 Å². The van der Waals surface area contributed by atoms with E-state index in [4.69, 9.17) is 4.74 Å². The molecule has 6 nitrogen and oxygen atoms in total. The first-order valence-corrected chi connectivity index (χ1v) is 36.1. The lowest BCUT2D eigenvalue weighted by Gasteiger charge is -2.22. The predicted molar refractivity (Wildman–Crippen MR) is 347 cm³/mol. The van der Waals surface area contributed by atoms with Crippen LogP contribution in [0.4, 0.5) is 0 Å². The molecule has 0 aromatic carbocycles. The van der Waals surface area contributed by atoms with Crippen LogP contribution in [0.5, 0.6) is 0 Å². The van der Waals surface area contributed by atoms with Gasteiger partial charge in [-0.05, 0) is 51.4 Å². The topological polar surface area (TPSA) is 95.9 Å². The Morgan fingerprint density at radius 3 is 1.01 bits per heavy atom. The molecular weight excluding hydrogens is 971 g/mol. The molecule has 0 aliphatic heterocycles. The Bertz CT molecular complexity index is 1230. The van der Waals surface area contributed by atoms with Gasteiger partial charge in [-0.3, -0.25) is 9.59 Å². The van der Waals surface area contributed by atoms with Gasteiger partial charge in [-0.25, -0.2) is 0 Å². The number of ether oxygens (including phenoxy) is 1. The van der Waals surface area contributed by atoms with E-state index in [0.29, 0.717) is 25.9 Å². The van der Waals surface area contributed by atoms with Crippen molar-refractivity contribution in [3.63, 3.8) is 0 Å². The van der Waals surface area contributed by atoms with E-state index in [-0.39, 0.29) is 18.5 Å². The van der Waals surface area contributed by atoms with Gasteiger partial charge in [-0.1, -0.05) is 366 Å². The van der Waals surface area contributed by atoms with Crippen molar-refractivity contribution in [1.29, 1.82) is 0 Å². The van der Waals surface area contributed by atoms with Crippen molar-refractivity contribution >= 4 is 11.9 Å². The molecule has 0 heterocycles. The average molecular weight is 1110 g/mol. The third-order valence-corrected chi connectivity index (χ3v) is 17.0. The maximum absolute atomic E-state index is 12.5. The van der Waals surface area contributed by atoms with E-state index in [9.17, 15) is 19.8 Å². The smallest absolute Gasteiger partial charge is 0.305 e. The molecule has 2 unspecified atom stereocenters. The van der Waals surface area contributed by atoms with Crippen LogP contribution in [-0.4, -0.2) is 47.4 Å². The zero-order valence-corrected chi connectivity index (χ0v) is 53.6.